The highest BCUT2D eigenvalue weighted by Crippen LogP contribution is 2.27. The van der Waals surface area contributed by atoms with Crippen LogP contribution in [-0.2, 0) is 11.3 Å². The van der Waals surface area contributed by atoms with Crippen LogP contribution >= 0.6 is 0 Å². The molecule has 0 aromatic heterocycles. The van der Waals surface area contributed by atoms with Crippen LogP contribution in [0.3, 0.4) is 0 Å². The van der Waals surface area contributed by atoms with Crippen molar-refractivity contribution in [2.75, 3.05) is 26.1 Å². The molecule has 24 heavy (non-hydrogen) atoms. The molecule has 128 valence electrons. The van der Waals surface area contributed by atoms with Crippen molar-refractivity contribution in [1.82, 2.24) is 5.32 Å². The lowest BCUT2D eigenvalue weighted by Gasteiger charge is -2.10. The van der Waals surface area contributed by atoms with Crippen molar-refractivity contribution in [3.8, 4) is 11.5 Å². The average Bonchev–Trinajstić information content (AvgIpc) is 2.58. The lowest BCUT2D eigenvalue weighted by Crippen LogP contribution is -2.21. The molecule has 2 rings (SSSR count). The van der Waals surface area contributed by atoms with Crippen molar-refractivity contribution < 1.29 is 14.3 Å². The number of carbonyl (C=O) groups is 1. The summed E-state index contributed by atoms with van der Waals surface area (Å²) in [4.78, 5) is 11.9. The summed E-state index contributed by atoms with van der Waals surface area (Å²) >= 11 is 0. The summed E-state index contributed by atoms with van der Waals surface area (Å²) in [5.41, 5.74) is 3.03. The van der Waals surface area contributed by atoms with Gasteiger partial charge in [0, 0.05) is 25.2 Å². The maximum Gasteiger partial charge on any atom is 0.225 e. The predicted molar refractivity (Wildman–Crippen MR) is 95.7 cm³/mol. The van der Waals surface area contributed by atoms with Crippen LogP contribution < -0.4 is 20.1 Å². The third-order valence-corrected chi connectivity index (χ3v) is 3.61. The monoisotopic (exact) mass is 328 g/mol. The second-order valence-electron chi connectivity index (χ2n) is 5.53. The van der Waals surface area contributed by atoms with Crippen LogP contribution in [0.15, 0.2) is 42.5 Å². The van der Waals surface area contributed by atoms with Crippen LogP contribution in [-0.4, -0.2) is 26.7 Å². The number of aryl methyl sites for hydroxylation is 1. The first kappa shape index (κ1) is 17.8. The van der Waals surface area contributed by atoms with Gasteiger partial charge in [-0.25, -0.2) is 0 Å². The fraction of sp³-hybridized carbons (Fsp3) is 0.316. The topological polar surface area (TPSA) is 59.6 Å². The van der Waals surface area contributed by atoms with E-state index in [0.29, 0.717) is 31.0 Å². The molecule has 0 aliphatic rings. The van der Waals surface area contributed by atoms with E-state index >= 15 is 0 Å². The van der Waals surface area contributed by atoms with E-state index < -0.39 is 0 Å². The van der Waals surface area contributed by atoms with Crippen LogP contribution in [0.2, 0.25) is 0 Å². The zero-order chi connectivity index (χ0) is 17.4. The summed E-state index contributed by atoms with van der Waals surface area (Å²) in [7, 11) is 3.23. The van der Waals surface area contributed by atoms with Gasteiger partial charge in [-0.1, -0.05) is 18.2 Å². The number of hydrogen-bond acceptors (Lipinski definition) is 4. The SMILES string of the molecule is COc1ccc(CNCCC(=O)Nc2cccc(C)c2)cc1OC. The summed E-state index contributed by atoms with van der Waals surface area (Å²) < 4.78 is 10.5. The molecule has 0 aliphatic heterocycles. The van der Waals surface area contributed by atoms with Gasteiger partial charge < -0.3 is 20.1 Å². The first-order valence-electron chi connectivity index (χ1n) is 7.90. The molecule has 0 unspecified atom stereocenters. The van der Waals surface area contributed by atoms with E-state index in [9.17, 15) is 4.79 Å². The Morgan fingerprint density at radius 3 is 2.54 bits per heavy atom. The average molecular weight is 328 g/mol. The molecule has 2 N–H and O–H groups in total. The minimum atomic E-state index is 0.000381. The smallest absolute Gasteiger partial charge is 0.225 e. The molecule has 5 nitrogen and oxygen atoms in total. The van der Waals surface area contributed by atoms with Crippen molar-refractivity contribution in [1.29, 1.82) is 0 Å². The quantitative estimate of drug-likeness (QED) is 0.731. The maximum absolute atomic E-state index is 11.9. The van der Waals surface area contributed by atoms with Gasteiger partial charge in [-0.05, 0) is 42.3 Å². The van der Waals surface area contributed by atoms with Crippen molar-refractivity contribution in [3.05, 3.63) is 53.6 Å². The fourth-order valence-corrected chi connectivity index (χ4v) is 2.37. The number of ether oxygens (including phenoxy) is 2. The highest BCUT2D eigenvalue weighted by Gasteiger charge is 2.05. The molecule has 0 fully saturated rings. The van der Waals surface area contributed by atoms with Crippen LogP contribution in [0.4, 0.5) is 5.69 Å². The lowest BCUT2D eigenvalue weighted by molar-refractivity contribution is -0.116. The van der Waals surface area contributed by atoms with Crippen LogP contribution in [0.25, 0.3) is 0 Å². The zero-order valence-electron chi connectivity index (χ0n) is 14.4. The number of nitrogens with one attached hydrogen (secondary N) is 2. The molecule has 0 radical (unpaired) electrons. The maximum atomic E-state index is 11.9. The van der Waals surface area contributed by atoms with Crippen LogP contribution in [0.5, 0.6) is 11.5 Å². The van der Waals surface area contributed by atoms with Gasteiger partial charge in [0.1, 0.15) is 0 Å². The van der Waals surface area contributed by atoms with E-state index in [1.54, 1.807) is 14.2 Å². The number of anilines is 1. The molecule has 0 heterocycles. The Hall–Kier alpha value is -2.53. The largest absolute Gasteiger partial charge is 0.493 e. The number of rotatable bonds is 8. The van der Waals surface area contributed by atoms with Gasteiger partial charge in [-0.3, -0.25) is 4.79 Å². The number of benzene rings is 2. The Labute approximate surface area is 143 Å². The molecule has 0 spiro atoms. The van der Waals surface area contributed by atoms with E-state index in [0.717, 1.165) is 16.8 Å². The summed E-state index contributed by atoms with van der Waals surface area (Å²) in [6.07, 6.45) is 0.418. The van der Waals surface area contributed by atoms with Gasteiger partial charge in [0.05, 0.1) is 14.2 Å². The summed E-state index contributed by atoms with van der Waals surface area (Å²) in [6, 6.07) is 13.6. The molecular formula is C19H24N2O3. The molecule has 0 atom stereocenters. The molecule has 0 bridgehead atoms. The third kappa shape index (κ3) is 5.28. The number of hydrogen-bond donors (Lipinski definition) is 2. The Morgan fingerprint density at radius 1 is 1.04 bits per heavy atom. The molecule has 1 amide bonds. The van der Waals surface area contributed by atoms with Crippen molar-refractivity contribution in [2.24, 2.45) is 0 Å². The molecule has 0 saturated carbocycles. The van der Waals surface area contributed by atoms with E-state index in [2.05, 4.69) is 10.6 Å². The highest BCUT2D eigenvalue weighted by molar-refractivity contribution is 5.90. The van der Waals surface area contributed by atoms with Gasteiger partial charge in [-0.15, -0.1) is 0 Å². The van der Waals surface area contributed by atoms with Gasteiger partial charge >= 0.3 is 0 Å². The van der Waals surface area contributed by atoms with Gasteiger partial charge in [0.25, 0.3) is 0 Å². The first-order chi connectivity index (χ1) is 11.6. The van der Waals surface area contributed by atoms with E-state index in [1.165, 1.54) is 0 Å². The number of carbonyl (C=O) groups excluding carboxylic acids is 1. The second-order valence-corrected chi connectivity index (χ2v) is 5.53. The fourth-order valence-electron chi connectivity index (χ4n) is 2.37. The van der Waals surface area contributed by atoms with E-state index in [1.807, 2.05) is 49.4 Å². The summed E-state index contributed by atoms with van der Waals surface area (Å²) in [5.74, 6) is 1.41. The molecular weight excluding hydrogens is 304 g/mol. The summed E-state index contributed by atoms with van der Waals surface area (Å²) in [6.45, 7) is 3.27. The predicted octanol–water partition coefficient (Wildman–Crippen LogP) is 3.13. The Bertz CT molecular complexity index is 686. The molecule has 5 heteroatoms. The molecule has 2 aromatic carbocycles. The summed E-state index contributed by atoms with van der Waals surface area (Å²) in [5, 5.41) is 6.16. The Morgan fingerprint density at radius 2 is 1.83 bits per heavy atom. The van der Waals surface area contributed by atoms with Gasteiger partial charge in [-0.2, -0.15) is 0 Å². The van der Waals surface area contributed by atoms with Gasteiger partial charge in [0.15, 0.2) is 11.5 Å². The molecule has 2 aromatic rings. The normalized spacial score (nSPS) is 10.3. The standard InChI is InChI=1S/C19H24N2O3/c1-14-5-4-6-16(11-14)21-19(22)9-10-20-13-15-7-8-17(23-2)18(12-15)24-3/h4-8,11-12,20H,9-10,13H2,1-3H3,(H,21,22). The van der Waals surface area contributed by atoms with Crippen molar-refractivity contribution in [2.45, 2.75) is 19.9 Å². The number of methoxy groups -OCH3 is 2. The number of amides is 1. The lowest BCUT2D eigenvalue weighted by atomic mass is 10.2. The van der Waals surface area contributed by atoms with Crippen molar-refractivity contribution in [3.63, 3.8) is 0 Å². The molecule has 0 saturated heterocycles. The van der Waals surface area contributed by atoms with Gasteiger partial charge in [0.2, 0.25) is 5.91 Å². The Balaban J connectivity index is 1.75. The van der Waals surface area contributed by atoms with Crippen molar-refractivity contribution >= 4 is 11.6 Å². The van der Waals surface area contributed by atoms with E-state index in [-0.39, 0.29) is 5.91 Å². The third-order valence-electron chi connectivity index (χ3n) is 3.61. The Kier molecular flexibility index (Phi) is 6.63. The highest BCUT2D eigenvalue weighted by atomic mass is 16.5. The molecule has 0 aliphatic carbocycles. The minimum absolute atomic E-state index is 0.000381. The zero-order valence-corrected chi connectivity index (χ0v) is 14.4. The second kappa shape index (κ2) is 8.93. The van der Waals surface area contributed by atoms with Crippen LogP contribution in [0.1, 0.15) is 17.5 Å². The van der Waals surface area contributed by atoms with E-state index in [4.69, 9.17) is 9.47 Å². The first-order valence-corrected chi connectivity index (χ1v) is 7.90. The minimum Gasteiger partial charge on any atom is -0.493 e. The van der Waals surface area contributed by atoms with Crippen LogP contribution in [0, 0.1) is 6.92 Å².